The van der Waals surface area contributed by atoms with Crippen LogP contribution in [0.25, 0.3) is 45.4 Å². The van der Waals surface area contributed by atoms with Crippen LogP contribution in [0.2, 0.25) is 0 Å². The molecule has 2 atom stereocenters. The number of nitrogens with zero attached hydrogens (tertiary/aromatic N) is 2. The van der Waals surface area contributed by atoms with Crippen LogP contribution in [0.15, 0.2) is 37.4 Å². The monoisotopic (exact) mass is 596 g/mol. The summed E-state index contributed by atoms with van der Waals surface area (Å²) in [6.45, 7) is 15.2. The number of fused-ring (bicyclic) bond motifs is 8. The highest BCUT2D eigenvalue weighted by Gasteiger charge is 2.54. The number of rotatable bonds is 8. The number of nitrogens with one attached hydrogen (secondary N) is 2. The molecule has 44 heavy (non-hydrogen) atoms. The highest BCUT2D eigenvalue weighted by Crippen LogP contribution is 2.47. The van der Waals surface area contributed by atoms with Crippen molar-refractivity contribution in [2.24, 2.45) is 0 Å². The Morgan fingerprint density at radius 1 is 0.795 bits per heavy atom. The maximum absolute atomic E-state index is 12.0. The first-order valence-electron chi connectivity index (χ1n) is 14.3. The molecule has 8 bridgehead atoms. The molecule has 0 fully saturated rings. The summed E-state index contributed by atoms with van der Waals surface area (Å²) in [5.74, 6) is -2.11. The number of aliphatic carboxylic acids is 2. The molecule has 0 spiro atoms. The minimum Gasteiger partial charge on any atom is -0.481 e. The standard InChI is InChI=1S/C34H36N4O6/c1-7-20-17(3)23-13-24-19(5)22(9-10-31(39)40)28(37-24)16-30-34(44,12-11-32(41)42)33(6,43)29(38-30)15-27-21(8-2)18(4)25(36-27)14-26(20)35-23/h7-8,13-16,35-36,43-44H,1-2,9-12H2,3-6H3,(H,39,40)(H,41,42)/t33-,34+/m0/s1. The van der Waals surface area contributed by atoms with Crippen molar-refractivity contribution in [3.8, 4) is 0 Å². The van der Waals surface area contributed by atoms with Gasteiger partial charge in [0.25, 0.3) is 0 Å². The lowest BCUT2D eigenvalue weighted by Gasteiger charge is -2.35. The second kappa shape index (κ2) is 11.0. The smallest absolute Gasteiger partial charge is 0.303 e. The molecule has 0 amide bonds. The van der Waals surface area contributed by atoms with Gasteiger partial charge in [-0.2, -0.15) is 0 Å². The number of aromatic nitrogens is 4. The van der Waals surface area contributed by atoms with E-state index in [4.69, 9.17) is 4.98 Å². The molecule has 0 aromatic carbocycles. The molecule has 0 unspecified atom stereocenters. The maximum atomic E-state index is 12.0. The number of carboxylic acid groups (broad SMARTS) is 2. The first-order valence-corrected chi connectivity index (χ1v) is 14.3. The predicted molar refractivity (Wildman–Crippen MR) is 170 cm³/mol. The highest BCUT2D eigenvalue weighted by molar-refractivity contribution is 5.93. The molecule has 3 aromatic heterocycles. The van der Waals surface area contributed by atoms with Crippen molar-refractivity contribution in [3.63, 3.8) is 0 Å². The lowest BCUT2D eigenvalue weighted by molar-refractivity contribution is -0.159. The minimum absolute atomic E-state index is 0.0326. The quantitative estimate of drug-likeness (QED) is 0.184. The van der Waals surface area contributed by atoms with E-state index in [1.807, 2.05) is 32.9 Å². The SMILES string of the molecule is C=Cc1c(C)c2cc3[nH]c(cc4nc(cc5nc(cc1[nH]2)[C@](C)(O)[C@@]5(O)CCC(=O)O)C(CCC(=O)O)=C4C)c(C)c3C=C. The van der Waals surface area contributed by atoms with E-state index in [0.29, 0.717) is 22.5 Å². The molecule has 10 nitrogen and oxygen atoms in total. The average Bonchev–Trinajstić information content (AvgIpc) is 3.58. The summed E-state index contributed by atoms with van der Waals surface area (Å²) in [7, 11) is 0. The van der Waals surface area contributed by atoms with E-state index in [1.54, 1.807) is 18.2 Å². The highest BCUT2D eigenvalue weighted by atomic mass is 16.4. The van der Waals surface area contributed by atoms with Gasteiger partial charge in [-0.15, -0.1) is 0 Å². The van der Waals surface area contributed by atoms with Crippen molar-refractivity contribution in [2.75, 3.05) is 0 Å². The topological polar surface area (TPSA) is 172 Å². The van der Waals surface area contributed by atoms with Crippen LogP contribution in [-0.4, -0.2) is 52.3 Å². The number of hydrogen-bond donors (Lipinski definition) is 6. The average molecular weight is 597 g/mol. The van der Waals surface area contributed by atoms with E-state index in [9.17, 15) is 30.0 Å². The molecule has 6 N–H and O–H groups in total. The molecular weight excluding hydrogens is 560 g/mol. The van der Waals surface area contributed by atoms with E-state index in [-0.39, 0.29) is 30.7 Å². The summed E-state index contributed by atoms with van der Waals surface area (Å²) < 4.78 is 0. The van der Waals surface area contributed by atoms with Crippen LogP contribution < -0.4 is 0 Å². The van der Waals surface area contributed by atoms with Crippen molar-refractivity contribution in [1.82, 2.24) is 19.9 Å². The van der Waals surface area contributed by atoms with Crippen LogP contribution in [0.5, 0.6) is 0 Å². The Balaban J connectivity index is 1.97. The number of H-pyrrole nitrogens is 2. The third kappa shape index (κ3) is 4.95. The van der Waals surface area contributed by atoms with E-state index in [2.05, 4.69) is 28.1 Å². The molecule has 228 valence electrons. The van der Waals surface area contributed by atoms with E-state index in [0.717, 1.165) is 44.4 Å². The summed E-state index contributed by atoms with van der Waals surface area (Å²) in [6, 6.07) is 7.01. The fraction of sp³-hybridized carbons (Fsp3) is 0.294. The van der Waals surface area contributed by atoms with Gasteiger partial charge in [0.2, 0.25) is 0 Å². The van der Waals surface area contributed by atoms with Gasteiger partial charge < -0.3 is 30.4 Å². The lowest BCUT2D eigenvalue weighted by atomic mass is 9.78. The van der Waals surface area contributed by atoms with Crippen molar-refractivity contribution in [3.05, 3.63) is 82.5 Å². The second-order valence-corrected chi connectivity index (χ2v) is 11.6. The molecular formula is C34H36N4O6. The van der Waals surface area contributed by atoms with E-state index < -0.39 is 29.6 Å². The second-order valence-electron chi connectivity index (χ2n) is 11.6. The Kier molecular flexibility index (Phi) is 7.69. The normalized spacial score (nSPS) is 19.7. The summed E-state index contributed by atoms with van der Waals surface area (Å²) in [5, 5.41) is 42.8. The largest absolute Gasteiger partial charge is 0.481 e. The Bertz CT molecular complexity index is 1940. The van der Waals surface area contributed by atoms with Crippen LogP contribution in [0.1, 0.15) is 84.6 Å². The first kappa shape index (κ1) is 30.7. The van der Waals surface area contributed by atoms with Gasteiger partial charge in [0.1, 0.15) is 11.2 Å². The zero-order valence-electron chi connectivity index (χ0n) is 25.2. The molecule has 2 aliphatic rings. The molecule has 2 aliphatic heterocycles. The molecule has 0 aliphatic carbocycles. The van der Waals surface area contributed by atoms with E-state index >= 15 is 0 Å². The van der Waals surface area contributed by atoms with Crippen molar-refractivity contribution >= 4 is 57.3 Å². The summed E-state index contributed by atoms with van der Waals surface area (Å²) in [5.41, 5.74) is 5.00. The van der Waals surface area contributed by atoms with Crippen LogP contribution >= 0.6 is 0 Å². The van der Waals surface area contributed by atoms with Gasteiger partial charge >= 0.3 is 11.9 Å². The maximum Gasteiger partial charge on any atom is 0.303 e. The zero-order valence-corrected chi connectivity index (χ0v) is 25.2. The molecule has 3 aromatic rings. The molecule has 5 heterocycles. The van der Waals surface area contributed by atoms with Gasteiger partial charge in [-0.1, -0.05) is 25.3 Å². The van der Waals surface area contributed by atoms with Crippen LogP contribution in [0.3, 0.4) is 0 Å². The van der Waals surface area contributed by atoms with E-state index in [1.165, 1.54) is 13.0 Å². The van der Waals surface area contributed by atoms with Gasteiger partial charge in [0.15, 0.2) is 0 Å². The first-order chi connectivity index (χ1) is 20.7. The van der Waals surface area contributed by atoms with Gasteiger partial charge in [-0.3, -0.25) is 14.6 Å². The van der Waals surface area contributed by atoms with Crippen molar-refractivity contribution in [2.45, 2.75) is 64.6 Å². The number of hydrogen-bond acceptors (Lipinski definition) is 6. The fourth-order valence-corrected chi connectivity index (χ4v) is 6.11. The third-order valence-electron chi connectivity index (χ3n) is 8.91. The molecule has 0 saturated heterocycles. The zero-order chi connectivity index (χ0) is 32.1. The summed E-state index contributed by atoms with van der Waals surface area (Å²) in [6.07, 6.45) is 2.75. The lowest BCUT2D eigenvalue weighted by Crippen LogP contribution is -2.44. The van der Waals surface area contributed by atoms with Gasteiger partial charge in [-0.25, -0.2) is 4.98 Å². The number of aliphatic hydroxyl groups is 2. The predicted octanol–water partition coefficient (Wildman–Crippen LogP) is 5.97. The summed E-state index contributed by atoms with van der Waals surface area (Å²) >= 11 is 0. The molecule has 10 heteroatoms. The Hall–Kier alpha value is -4.80. The van der Waals surface area contributed by atoms with Gasteiger partial charge in [-0.05, 0) is 87.1 Å². The van der Waals surface area contributed by atoms with Gasteiger partial charge in [0.05, 0.1) is 22.8 Å². The number of carboxylic acids is 2. The van der Waals surface area contributed by atoms with Crippen molar-refractivity contribution < 1.29 is 30.0 Å². The Labute approximate surface area is 254 Å². The van der Waals surface area contributed by atoms with Crippen LogP contribution in [0.4, 0.5) is 0 Å². The Morgan fingerprint density at radius 2 is 1.36 bits per heavy atom. The number of aromatic amines is 2. The minimum atomic E-state index is -2.08. The van der Waals surface area contributed by atoms with Crippen molar-refractivity contribution in [1.29, 1.82) is 0 Å². The van der Waals surface area contributed by atoms with Gasteiger partial charge in [0, 0.05) is 46.0 Å². The van der Waals surface area contributed by atoms with Crippen LogP contribution in [0, 0.1) is 13.8 Å². The third-order valence-corrected chi connectivity index (χ3v) is 8.91. The summed E-state index contributed by atoms with van der Waals surface area (Å²) in [4.78, 5) is 39.5. The molecule has 5 rings (SSSR count). The Morgan fingerprint density at radius 3 is 1.93 bits per heavy atom. The number of allylic oxidation sites excluding steroid dienone is 2. The fourth-order valence-electron chi connectivity index (χ4n) is 6.11. The molecule has 0 saturated carbocycles. The number of aryl methyl sites for hydroxylation is 2. The number of carbonyl (C=O) groups is 2. The van der Waals surface area contributed by atoms with Crippen LogP contribution in [-0.2, 0) is 20.8 Å². The molecule has 0 radical (unpaired) electrons.